The van der Waals surface area contributed by atoms with Gasteiger partial charge in [0.2, 0.25) is 45.3 Å². The maximum atomic E-state index is 14.4. The van der Waals surface area contributed by atoms with E-state index in [9.17, 15) is 32.4 Å². The highest BCUT2D eigenvalue weighted by Crippen LogP contribution is 2.40. The monoisotopic (exact) mass is 828 g/mol. The zero-order valence-corrected chi connectivity index (χ0v) is 33.6. The number of unbranched alkanes of at least 4 members (excludes halogenated alkanes) is 1. The number of carbonyl (C=O) groups is 5. The van der Waals surface area contributed by atoms with Gasteiger partial charge in [0.05, 0.1) is 12.3 Å². The number of ether oxygens (including phenoxy) is 2. The van der Waals surface area contributed by atoms with E-state index in [1.54, 1.807) is 36.4 Å². The SMILES string of the molecule is C[C@@H]1NC(=O)[C@@H](N(C)C(=O)[C@H](CCCCN)NS(C)(=O)=O)c2ccc(OCCN)c(c2)-c2cc(ccc2OCCN)C[C@@H](C(=O)N[C@@H](C)C(=O)c2nn[nH]n2)NC1=O. The number of H-pyrrole nitrogens is 1. The number of aromatic amines is 1. The second-order valence-electron chi connectivity index (χ2n) is 13.8. The number of aromatic nitrogens is 4. The topological polar surface area (TPSA) is 322 Å². The molecule has 0 unspecified atom stereocenters. The average molecular weight is 829 g/mol. The van der Waals surface area contributed by atoms with Crippen LogP contribution < -0.4 is 47.3 Å². The number of hydrogen-bond donors (Lipinski definition) is 8. The lowest BCUT2D eigenvalue weighted by molar-refractivity contribution is -0.141. The Kier molecular flexibility index (Phi) is 16.2. The number of benzene rings is 2. The average Bonchev–Trinajstić information content (AvgIpc) is 3.73. The summed E-state index contributed by atoms with van der Waals surface area (Å²) in [6.07, 6.45) is 1.87. The first-order valence-corrected chi connectivity index (χ1v) is 20.5. The molecule has 5 atom stereocenters. The highest BCUT2D eigenvalue weighted by atomic mass is 32.2. The summed E-state index contributed by atoms with van der Waals surface area (Å²) in [6, 6.07) is 3.55. The number of likely N-dealkylation sites (N-methyl/N-ethyl adjacent to an activating group) is 1. The summed E-state index contributed by atoms with van der Waals surface area (Å²) < 4.78 is 39.2. The third kappa shape index (κ3) is 12.0. The van der Waals surface area contributed by atoms with Crippen molar-refractivity contribution in [1.29, 1.82) is 0 Å². The smallest absolute Gasteiger partial charge is 0.248 e. The van der Waals surface area contributed by atoms with Gasteiger partial charge < -0.3 is 47.5 Å². The summed E-state index contributed by atoms with van der Waals surface area (Å²) >= 11 is 0. The second-order valence-corrected chi connectivity index (χ2v) is 15.5. The van der Waals surface area contributed by atoms with Gasteiger partial charge in [-0.1, -0.05) is 18.6 Å². The Balaban J connectivity index is 1.88. The molecule has 4 bridgehead atoms. The molecule has 0 saturated carbocycles. The van der Waals surface area contributed by atoms with Crippen molar-refractivity contribution < 1.29 is 41.9 Å². The van der Waals surface area contributed by atoms with Crippen LogP contribution in [-0.4, -0.2) is 134 Å². The third-order valence-corrected chi connectivity index (χ3v) is 9.84. The molecule has 316 valence electrons. The van der Waals surface area contributed by atoms with Gasteiger partial charge >= 0.3 is 0 Å². The Morgan fingerprint density at radius 1 is 0.948 bits per heavy atom. The van der Waals surface area contributed by atoms with Crippen molar-refractivity contribution in [3.05, 3.63) is 53.3 Å². The number of sulfonamides is 1. The Morgan fingerprint density at radius 3 is 2.21 bits per heavy atom. The van der Waals surface area contributed by atoms with Gasteiger partial charge in [0.25, 0.3) is 0 Å². The van der Waals surface area contributed by atoms with Crippen LogP contribution in [0.25, 0.3) is 11.1 Å². The molecule has 0 saturated heterocycles. The molecule has 58 heavy (non-hydrogen) atoms. The highest BCUT2D eigenvalue weighted by Gasteiger charge is 2.36. The summed E-state index contributed by atoms with van der Waals surface area (Å²) in [4.78, 5) is 70.1. The molecule has 2 aromatic carbocycles. The number of tetrazole rings is 1. The van der Waals surface area contributed by atoms with Crippen molar-refractivity contribution in [1.82, 2.24) is 46.2 Å². The van der Waals surface area contributed by atoms with Crippen LogP contribution >= 0.6 is 0 Å². The molecule has 0 spiro atoms. The van der Waals surface area contributed by atoms with E-state index in [2.05, 4.69) is 41.3 Å². The molecule has 4 amide bonds. The summed E-state index contributed by atoms with van der Waals surface area (Å²) in [6.45, 7) is 3.72. The lowest BCUT2D eigenvalue weighted by Crippen LogP contribution is -2.56. The van der Waals surface area contributed by atoms with E-state index in [0.717, 1.165) is 11.2 Å². The molecular formula is C36H52N12O9S. The highest BCUT2D eigenvalue weighted by molar-refractivity contribution is 7.88. The number of hydrogen-bond acceptors (Lipinski definition) is 15. The number of carbonyl (C=O) groups excluding carboxylic acids is 5. The van der Waals surface area contributed by atoms with Crippen LogP contribution in [0.5, 0.6) is 11.5 Å². The molecule has 22 heteroatoms. The van der Waals surface area contributed by atoms with Crippen molar-refractivity contribution in [2.24, 2.45) is 17.2 Å². The molecule has 1 aliphatic rings. The normalized spacial score (nSPS) is 18.2. The summed E-state index contributed by atoms with van der Waals surface area (Å²) in [5, 5.41) is 20.8. The first kappa shape index (κ1) is 45.2. The van der Waals surface area contributed by atoms with E-state index in [4.69, 9.17) is 26.7 Å². The van der Waals surface area contributed by atoms with Crippen molar-refractivity contribution in [3.63, 3.8) is 0 Å². The first-order valence-electron chi connectivity index (χ1n) is 18.6. The fourth-order valence-corrected chi connectivity index (χ4v) is 7.01. The Bertz CT molecular complexity index is 2030. The van der Waals surface area contributed by atoms with Crippen molar-refractivity contribution in [2.75, 3.05) is 46.2 Å². The van der Waals surface area contributed by atoms with E-state index < -0.39 is 69.6 Å². The Hall–Kier alpha value is -5.55. The molecule has 1 aromatic heterocycles. The first-order chi connectivity index (χ1) is 27.6. The van der Waals surface area contributed by atoms with E-state index in [1.165, 1.54) is 20.9 Å². The predicted molar refractivity (Wildman–Crippen MR) is 211 cm³/mol. The third-order valence-electron chi connectivity index (χ3n) is 9.13. The summed E-state index contributed by atoms with van der Waals surface area (Å²) in [5.41, 5.74) is 18.9. The maximum absolute atomic E-state index is 14.4. The quantitative estimate of drug-likeness (QED) is 0.0509. The lowest BCUT2D eigenvalue weighted by Gasteiger charge is -2.32. The van der Waals surface area contributed by atoms with Gasteiger partial charge in [0, 0.05) is 37.7 Å². The van der Waals surface area contributed by atoms with Crippen LogP contribution in [0.15, 0.2) is 36.4 Å². The number of nitrogens with two attached hydrogens (primary N) is 3. The van der Waals surface area contributed by atoms with Crippen LogP contribution in [0.4, 0.5) is 0 Å². The van der Waals surface area contributed by atoms with Gasteiger partial charge in [-0.05, 0) is 73.8 Å². The molecule has 3 aromatic rings. The van der Waals surface area contributed by atoms with E-state index in [1.807, 2.05) is 0 Å². The molecule has 4 rings (SSSR count). The number of Topliss-reactive ketones (excluding diaryl/α,β-unsaturated/α-hetero) is 1. The van der Waals surface area contributed by atoms with Crippen molar-refractivity contribution in [3.8, 4) is 22.6 Å². The van der Waals surface area contributed by atoms with Crippen LogP contribution in [0.3, 0.4) is 0 Å². The van der Waals surface area contributed by atoms with Gasteiger partial charge in [-0.2, -0.15) is 5.21 Å². The van der Waals surface area contributed by atoms with Gasteiger partial charge in [-0.15, -0.1) is 10.2 Å². The molecule has 11 N–H and O–H groups in total. The number of fused-ring (bicyclic) bond motifs is 5. The number of amides is 4. The second kappa shape index (κ2) is 20.7. The van der Waals surface area contributed by atoms with E-state index >= 15 is 0 Å². The van der Waals surface area contributed by atoms with E-state index in [0.29, 0.717) is 47.6 Å². The molecule has 0 fully saturated rings. The number of ketones is 1. The number of nitrogens with one attached hydrogen (secondary N) is 5. The summed E-state index contributed by atoms with van der Waals surface area (Å²) in [5.74, 6) is -3.20. The minimum Gasteiger partial charge on any atom is -0.492 e. The van der Waals surface area contributed by atoms with Crippen LogP contribution in [-0.2, 0) is 35.6 Å². The van der Waals surface area contributed by atoms with Gasteiger partial charge in [0.1, 0.15) is 48.9 Å². The van der Waals surface area contributed by atoms with Crippen molar-refractivity contribution >= 4 is 39.4 Å². The molecule has 1 aliphatic heterocycles. The fraction of sp³-hybridized carbons (Fsp3) is 0.500. The number of rotatable bonds is 18. The van der Waals surface area contributed by atoms with Crippen LogP contribution in [0, 0.1) is 0 Å². The molecule has 2 heterocycles. The van der Waals surface area contributed by atoms with Crippen LogP contribution in [0.2, 0.25) is 0 Å². The molecule has 21 nitrogen and oxygen atoms in total. The zero-order chi connectivity index (χ0) is 42.6. The minimum atomic E-state index is -3.88. The van der Waals surface area contributed by atoms with E-state index in [-0.39, 0.29) is 50.5 Å². The largest absolute Gasteiger partial charge is 0.492 e. The molecule has 0 radical (unpaired) electrons. The predicted octanol–water partition coefficient (Wildman–Crippen LogP) is -1.98. The minimum absolute atomic E-state index is 0.0804. The van der Waals surface area contributed by atoms with Gasteiger partial charge in [0.15, 0.2) is 0 Å². The van der Waals surface area contributed by atoms with Crippen molar-refractivity contribution in [2.45, 2.75) is 69.7 Å². The van der Waals surface area contributed by atoms with Gasteiger partial charge in [-0.25, -0.2) is 13.1 Å². The molecule has 0 aliphatic carbocycles. The van der Waals surface area contributed by atoms with Crippen LogP contribution in [0.1, 0.15) is 60.9 Å². The van der Waals surface area contributed by atoms with Gasteiger partial charge in [-0.3, -0.25) is 24.0 Å². The summed E-state index contributed by atoms with van der Waals surface area (Å²) in [7, 11) is -2.53. The Labute approximate surface area is 335 Å². The number of nitrogens with zero attached hydrogens (tertiary/aromatic N) is 4. The zero-order valence-electron chi connectivity index (χ0n) is 32.8. The Morgan fingerprint density at radius 2 is 1.60 bits per heavy atom. The maximum Gasteiger partial charge on any atom is 0.248 e. The molecular weight excluding hydrogens is 777 g/mol. The fourth-order valence-electron chi connectivity index (χ4n) is 6.28. The standard InChI is InChI=1S/C36H52N12O9S/c1-20(31(49)32-43-46-47-44-32)40-34(51)27-18-22-8-10-28(56-15-13-38)24(17-22)25-19-23(9-11-29(25)57-16-14-39)30(35(52)41-21(2)33(50)42-27)48(3)36(53)26(7-5-6-12-37)45-58(4,54)55/h8-11,17,19-21,26-27,30,45H,5-7,12-16,18,37-39H2,1-4H3,(H,40,51)(H,41,52)(H,42,50)(H,43,44,46,47)/t20-,21-,26-,27-,30-/m0/s1. The lowest BCUT2D eigenvalue weighted by atomic mass is 9.93.